The number of amides is 1. The standard InChI is InChI=1S/C20H22N4O3/c1-12-15(7-8-18(25)23-10-9-14(11-23)20(26)27)13(2)24-19(21-12)16-5-3-4-6-17(16)22-24/h3-6,14H,7-11H2,1-2H3,(H,26,27). The molecule has 1 atom stereocenters. The number of hydrogen-bond donors (Lipinski definition) is 1. The van der Waals surface area contributed by atoms with Crippen LogP contribution in [0.1, 0.15) is 29.8 Å². The SMILES string of the molecule is Cc1nc2c3ccccc3nn2c(C)c1CCC(=O)N1CCC(C(=O)O)C1. The van der Waals surface area contributed by atoms with Crippen molar-refractivity contribution in [2.45, 2.75) is 33.1 Å². The summed E-state index contributed by atoms with van der Waals surface area (Å²) in [5.74, 6) is -1.26. The predicted octanol–water partition coefficient (Wildman–Crippen LogP) is 2.37. The van der Waals surface area contributed by atoms with Gasteiger partial charge in [0.25, 0.3) is 0 Å². The third-order valence-corrected chi connectivity index (χ3v) is 5.50. The van der Waals surface area contributed by atoms with Crippen LogP contribution in [-0.4, -0.2) is 49.6 Å². The number of aromatic nitrogens is 3. The normalized spacial score (nSPS) is 17.1. The van der Waals surface area contributed by atoms with Gasteiger partial charge in [0.15, 0.2) is 5.65 Å². The molecule has 0 spiro atoms. The fraction of sp³-hybridized carbons (Fsp3) is 0.400. The average Bonchev–Trinajstić information content (AvgIpc) is 3.27. The molecular weight excluding hydrogens is 344 g/mol. The molecule has 4 rings (SSSR count). The van der Waals surface area contributed by atoms with E-state index in [1.807, 2.05) is 42.6 Å². The van der Waals surface area contributed by atoms with Gasteiger partial charge < -0.3 is 10.0 Å². The summed E-state index contributed by atoms with van der Waals surface area (Å²) < 4.78 is 1.85. The smallest absolute Gasteiger partial charge is 0.308 e. The van der Waals surface area contributed by atoms with Crippen molar-refractivity contribution in [3.8, 4) is 0 Å². The predicted molar refractivity (Wildman–Crippen MR) is 101 cm³/mol. The fourth-order valence-corrected chi connectivity index (χ4v) is 3.92. The topological polar surface area (TPSA) is 87.8 Å². The van der Waals surface area contributed by atoms with Gasteiger partial charge in [0.05, 0.1) is 11.4 Å². The molecule has 1 unspecified atom stereocenters. The molecule has 1 saturated heterocycles. The van der Waals surface area contributed by atoms with Crippen LogP contribution in [0.3, 0.4) is 0 Å². The monoisotopic (exact) mass is 366 g/mol. The highest BCUT2D eigenvalue weighted by molar-refractivity contribution is 5.92. The zero-order valence-electron chi connectivity index (χ0n) is 15.5. The van der Waals surface area contributed by atoms with Crippen LogP contribution in [0.2, 0.25) is 0 Å². The Morgan fingerprint density at radius 2 is 2.04 bits per heavy atom. The molecule has 0 bridgehead atoms. The van der Waals surface area contributed by atoms with Crippen LogP contribution in [0.25, 0.3) is 16.6 Å². The van der Waals surface area contributed by atoms with Gasteiger partial charge in [0, 0.05) is 36.3 Å². The van der Waals surface area contributed by atoms with Crippen molar-refractivity contribution in [3.63, 3.8) is 0 Å². The van der Waals surface area contributed by atoms with Crippen LogP contribution in [0, 0.1) is 19.8 Å². The highest BCUT2D eigenvalue weighted by atomic mass is 16.4. The number of nitrogens with zero attached hydrogens (tertiary/aromatic N) is 4. The molecule has 0 radical (unpaired) electrons. The lowest BCUT2D eigenvalue weighted by molar-refractivity contribution is -0.141. The third kappa shape index (κ3) is 3.03. The Morgan fingerprint density at radius 3 is 2.78 bits per heavy atom. The number of likely N-dealkylation sites (tertiary alicyclic amines) is 1. The first-order valence-corrected chi connectivity index (χ1v) is 9.20. The average molecular weight is 366 g/mol. The number of carboxylic acid groups (broad SMARTS) is 1. The van der Waals surface area contributed by atoms with Gasteiger partial charge in [-0.25, -0.2) is 9.50 Å². The van der Waals surface area contributed by atoms with E-state index in [0.29, 0.717) is 32.4 Å². The van der Waals surface area contributed by atoms with Crippen LogP contribution in [0.5, 0.6) is 0 Å². The van der Waals surface area contributed by atoms with E-state index in [9.17, 15) is 9.59 Å². The lowest BCUT2D eigenvalue weighted by atomic mass is 10.1. The molecule has 3 aromatic rings. The third-order valence-electron chi connectivity index (χ3n) is 5.50. The summed E-state index contributed by atoms with van der Waals surface area (Å²) in [5, 5.41) is 14.8. The van der Waals surface area contributed by atoms with Crippen molar-refractivity contribution in [1.82, 2.24) is 19.5 Å². The highest BCUT2D eigenvalue weighted by Crippen LogP contribution is 2.24. The van der Waals surface area contributed by atoms with Gasteiger partial charge in [-0.1, -0.05) is 12.1 Å². The summed E-state index contributed by atoms with van der Waals surface area (Å²) in [6.45, 7) is 4.80. The van der Waals surface area contributed by atoms with Gasteiger partial charge in [-0.05, 0) is 44.4 Å². The maximum absolute atomic E-state index is 12.5. The molecule has 140 valence electrons. The molecule has 1 aliphatic rings. The Morgan fingerprint density at radius 1 is 1.26 bits per heavy atom. The quantitative estimate of drug-likeness (QED) is 0.766. The number of carboxylic acids is 1. The molecule has 1 amide bonds. The van der Waals surface area contributed by atoms with E-state index < -0.39 is 11.9 Å². The van der Waals surface area contributed by atoms with Gasteiger partial charge in [0.2, 0.25) is 5.91 Å². The Hall–Kier alpha value is -2.96. The van der Waals surface area contributed by atoms with Gasteiger partial charge in [0.1, 0.15) is 0 Å². The van der Waals surface area contributed by atoms with Crippen molar-refractivity contribution >= 4 is 28.4 Å². The van der Waals surface area contributed by atoms with Gasteiger partial charge in [-0.2, -0.15) is 5.10 Å². The van der Waals surface area contributed by atoms with E-state index in [4.69, 9.17) is 10.1 Å². The fourth-order valence-electron chi connectivity index (χ4n) is 3.92. The molecule has 1 aliphatic heterocycles. The number of benzene rings is 1. The lowest BCUT2D eigenvalue weighted by Gasteiger charge is -2.17. The molecule has 1 N–H and O–H groups in total. The molecule has 1 fully saturated rings. The first-order valence-electron chi connectivity index (χ1n) is 9.20. The van der Waals surface area contributed by atoms with E-state index >= 15 is 0 Å². The molecule has 7 nitrogen and oxygen atoms in total. The minimum Gasteiger partial charge on any atom is -0.481 e. The highest BCUT2D eigenvalue weighted by Gasteiger charge is 2.30. The number of rotatable bonds is 4. The maximum Gasteiger partial charge on any atom is 0.308 e. The molecular formula is C20H22N4O3. The number of hydrogen-bond acceptors (Lipinski definition) is 4. The lowest BCUT2D eigenvalue weighted by Crippen LogP contribution is -2.30. The van der Waals surface area contributed by atoms with Crippen molar-refractivity contribution in [1.29, 1.82) is 0 Å². The largest absolute Gasteiger partial charge is 0.481 e. The molecule has 0 aliphatic carbocycles. The first-order chi connectivity index (χ1) is 13.0. The summed E-state index contributed by atoms with van der Waals surface area (Å²) in [6.07, 6.45) is 1.46. The molecule has 27 heavy (non-hydrogen) atoms. The number of fused-ring (bicyclic) bond motifs is 3. The maximum atomic E-state index is 12.5. The van der Waals surface area contributed by atoms with Gasteiger partial charge in [-0.3, -0.25) is 9.59 Å². The van der Waals surface area contributed by atoms with Gasteiger partial charge >= 0.3 is 5.97 Å². The van der Waals surface area contributed by atoms with E-state index in [1.54, 1.807) is 4.90 Å². The zero-order chi connectivity index (χ0) is 19.1. The van der Waals surface area contributed by atoms with Crippen LogP contribution in [-0.2, 0) is 16.0 Å². The van der Waals surface area contributed by atoms with Crippen LogP contribution >= 0.6 is 0 Å². The molecule has 3 heterocycles. The molecule has 2 aromatic heterocycles. The number of carbonyl (C=O) groups excluding carboxylic acids is 1. The molecule has 7 heteroatoms. The van der Waals surface area contributed by atoms with Crippen molar-refractivity contribution in [3.05, 3.63) is 41.2 Å². The minimum absolute atomic E-state index is 0.00303. The van der Waals surface area contributed by atoms with Crippen LogP contribution < -0.4 is 0 Å². The summed E-state index contributed by atoms with van der Waals surface area (Å²) in [5.41, 5.74) is 4.66. The zero-order valence-corrected chi connectivity index (χ0v) is 15.5. The number of carbonyl (C=O) groups is 2. The van der Waals surface area contributed by atoms with Crippen LogP contribution in [0.4, 0.5) is 0 Å². The summed E-state index contributed by atoms with van der Waals surface area (Å²) in [4.78, 5) is 30.0. The Balaban J connectivity index is 1.56. The van der Waals surface area contributed by atoms with Crippen LogP contribution in [0.15, 0.2) is 24.3 Å². The second-order valence-electron chi connectivity index (χ2n) is 7.18. The number of aliphatic carboxylic acids is 1. The van der Waals surface area contributed by atoms with Crippen molar-refractivity contribution in [2.75, 3.05) is 13.1 Å². The summed E-state index contributed by atoms with van der Waals surface area (Å²) in [7, 11) is 0. The Labute approximate surface area is 156 Å². The minimum atomic E-state index is -0.822. The Bertz CT molecular complexity index is 1060. The van der Waals surface area contributed by atoms with E-state index in [-0.39, 0.29) is 5.91 Å². The Kier molecular flexibility index (Phi) is 4.30. The molecule has 1 aromatic carbocycles. The van der Waals surface area contributed by atoms with Gasteiger partial charge in [-0.15, -0.1) is 0 Å². The first kappa shape index (κ1) is 17.5. The van der Waals surface area contributed by atoms with E-state index in [1.165, 1.54) is 0 Å². The number of aryl methyl sites for hydroxylation is 2. The van der Waals surface area contributed by atoms with Crippen molar-refractivity contribution in [2.24, 2.45) is 5.92 Å². The van der Waals surface area contributed by atoms with E-state index in [0.717, 1.165) is 33.5 Å². The summed E-state index contributed by atoms with van der Waals surface area (Å²) in [6, 6.07) is 7.91. The second kappa shape index (κ2) is 6.64. The van der Waals surface area contributed by atoms with Crippen molar-refractivity contribution < 1.29 is 14.7 Å². The second-order valence-corrected chi connectivity index (χ2v) is 7.18. The summed E-state index contributed by atoms with van der Waals surface area (Å²) >= 11 is 0. The molecule has 0 saturated carbocycles. The van der Waals surface area contributed by atoms with E-state index in [2.05, 4.69) is 5.10 Å².